The Labute approximate surface area is 213 Å². The number of amides is 1. The fraction of sp³-hybridized carbons (Fsp3) is 0.560. The summed E-state index contributed by atoms with van der Waals surface area (Å²) in [6, 6.07) is 4.17. The lowest BCUT2D eigenvalue weighted by atomic mass is 9.93. The molecule has 4 rings (SSSR count). The fourth-order valence-corrected chi connectivity index (χ4v) is 5.59. The van der Waals surface area contributed by atoms with Crippen LogP contribution in [0.4, 0.5) is 10.3 Å². The lowest BCUT2D eigenvalue weighted by molar-refractivity contribution is -0.137. The number of likely N-dealkylation sites (tertiary alicyclic amines) is 1. The molecule has 7 nitrogen and oxygen atoms in total. The van der Waals surface area contributed by atoms with Crippen molar-refractivity contribution in [3.8, 4) is 0 Å². The number of carbonyl (C=O) groups is 1. The first-order valence-electron chi connectivity index (χ1n) is 12.1. The van der Waals surface area contributed by atoms with E-state index in [4.69, 9.17) is 0 Å². The van der Waals surface area contributed by atoms with Gasteiger partial charge in [-0.2, -0.15) is 0 Å². The maximum absolute atomic E-state index is 14.7. The summed E-state index contributed by atoms with van der Waals surface area (Å²) in [6.45, 7) is 4.41. The number of aryl methyl sites for hydroxylation is 1. The number of hydrogen-bond donors (Lipinski definition) is 0. The summed E-state index contributed by atoms with van der Waals surface area (Å²) in [5.74, 6) is -0.0206. The largest absolute Gasteiger partial charge is 0.341 e. The summed E-state index contributed by atoms with van der Waals surface area (Å²) in [5, 5.41) is 0. The molecule has 1 atom stereocenters. The summed E-state index contributed by atoms with van der Waals surface area (Å²) < 4.78 is 38.1. The van der Waals surface area contributed by atoms with Crippen molar-refractivity contribution in [2.45, 2.75) is 62.8 Å². The van der Waals surface area contributed by atoms with Crippen LogP contribution in [0.5, 0.6) is 0 Å². The van der Waals surface area contributed by atoms with Gasteiger partial charge in [-0.05, 0) is 61.8 Å². The molecule has 2 aliphatic heterocycles. The maximum atomic E-state index is 14.7. The zero-order valence-corrected chi connectivity index (χ0v) is 22.0. The summed E-state index contributed by atoms with van der Waals surface area (Å²) >= 11 is 0. The molecule has 1 amide bonds. The van der Waals surface area contributed by atoms with Crippen LogP contribution in [0.3, 0.4) is 0 Å². The van der Waals surface area contributed by atoms with E-state index in [2.05, 4.69) is 21.8 Å². The van der Waals surface area contributed by atoms with Crippen molar-refractivity contribution in [3.05, 3.63) is 47.5 Å². The van der Waals surface area contributed by atoms with Gasteiger partial charge in [0.25, 0.3) is 0 Å². The van der Waals surface area contributed by atoms with Gasteiger partial charge in [0, 0.05) is 50.2 Å². The highest BCUT2D eigenvalue weighted by Gasteiger charge is 2.34. The van der Waals surface area contributed by atoms with Gasteiger partial charge in [-0.15, -0.1) is 12.4 Å². The number of halogens is 2. The van der Waals surface area contributed by atoms with Gasteiger partial charge in [0.2, 0.25) is 11.9 Å². The molecule has 0 radical (unpaired) electrons. The predicted octanol–water partition coefficient (Wildman–Crippen LogP) is 3.84. The van der Waals surface area contributed by atoms with Gasteiger partial charge in [0.05, 0.1) is 4.90 Å². The van der Waals surface area contributed by atoms with E-state index in [9.17, 15) is 17.6 Å². The molecule has 2 aliphatic rings. The second-order valence-corrected chi connectivity index (χ2v) is 11.4. The van der Waals surface area contributed by atoms with Crippen LogP contribution in [-0.2, 0) is 27.5 Å². The monoisotopic (exact) mass is 524 g/mol. The van der Waals surface area contributed by atoms with Gasteiger partial charge < -0.3 is 9.80 Å². The Morgan fingerprint density at radius 2 is 1.74 bits per heavy atom. The first kappa shape index (κ1) is 27.3. The minimum absolute atomic E-state index is 0. The van der Waals surface area contributed by atoms with Gasteiger partial charge in [-0.25, -0.2) is 22.8 Å². The van der Waals surface area contributed by atoms with E-state index in [0.29, 0.717) is 12.0 Å². The number of anilines is 1. The molecule has 35 heavy (non-hydrogen) atoms. The Hall–Kier alpha value is -2.26. The highest BCUT2D eigenvalue weighted by atomic mass is 35.5. The summed E-state index contributed by atoms with van der Waals surface area (Å²) in [6.07, 6.45) is 10.3. The summed E-state index contributed by atoms with van der Waals surface area (Å²) in [4.78, 5) is 26.6. The molecule has 0 N–H and O–H groups in total. The van der Waals surface area contributed by atoms with E-state index in [0.717, 1.165) is 82.0 Å². The molecule has 1 aromatic heterocycles. The van der Waals surface area contributed by atoms with Crippen LogP contribution < -0.4 is 4.90 Å². The third-order valence-electron chi connectivity index (χ3n) is 7.04. The summed E-state index contributed by atoms with van der Waals surface area (Å²) in [5.41, 5.74) is 1.51. The molecule has 2 fully saturated rings. The number of piperidine rings is 1. The number of benzene rings is 1. The molecule has 0 spiro atoms. The Kier molecular flexibility index (Phi) is 9.10. The van der Waals surface area contributed by atoms with Crippen molar-refractivity contribution in [2.24, 2.45) is 5.92 Å². The lowest BCUT2D eigenvalue weighted by Gasteiger charge is -2.39. The number of sulfone groups is 1. The number of rotatable bonds is 6. The van der Waals surface area contributed by atoms with E-state index in [1.165, 1.54) is 12.1 Å². The van der Waals surface area contributed by atoms with Gasteiger partial charge in [-0.1, -0.05) is 19.4 Å². The number of nitrogens with zero attached hydrogens (tertiary/aromatic N) is 4. The molecule has 1 aromatic carbocycles. The number of hydrogen-bond acceptors (Lipinski definition) is 6. The Bertz CT molecular complexity index is 1120. The molecular formula is C25H34ClFN4O3S. The summed E-state index contributed by atoms with van der Waals surface area (Å²) in [7, 11) is -3.47. The SMILES string of the molecule is CCc1cnc(N2CCC(N3CCCC[C@H](Cc4ccc(S(C)(=O)=O)cc4F)C3=O)CC2)nc1.Cl. The van der Waals surface area contributed by atoms with Crippen molar-refractivity contribution in [3.63, 3.8) is 0 Å². The third-order valence-corrected chi connectivity index (χ3v) is 8.15. The Morgan fingerprint density at radius 1 is 1.06 bits per heavy atom. The minimum Gasteiger partial charge on any atom is -0.341 e. The van der Waals surface area contributed by atoms with Crippen LogP contribution in [0, 0.1) is 11.7 Å². The van der Waals surface area contributed by atoms with Crippen LogP contribution in [-0.4, -0.2) is 61.1 Å². The highest BCUT2D eigenvalue weighted by Crippen LogP contribution is 2.28. The fourth-order valence-electron chi connectivity index (χ4n) is 4.95. The van der Waals surface area contributed by atoms with Crippen molar-refractivity contribution in [1.82, 2.24) is 14.9 Å². The van der Waals surface area contributed by atoms with Crippen LogP contribution in [0.2, 0.25) is 0 Å². The van der Waals surface area contributed by atoms with E-state index < -0.39 is 15.7 Å². The second kappa shape index (κ2) is 11.6. The van der Waals surface area contributed by atoms with Crippen molar-refractivity contribution < 1.29 is 17.6 Å². The molecule has 192 valence electrons. The smallest absolute Gasteiger partial charge is 0.226 e. The molecule has 0 unspecified atom stereocenters. The van der Waals surface area contributed by atoms with Crippen molar-refractivity contribution in [2.75, 3.05) is 30.8 Å². The molecule has 0 saturated carbocycles. The average molecular weight is 525 g/mol. The molecular weight excluding hydrogens is 491 g/mol. The molecule has 0 bridgehead atoms. The number of carbonyl (C=O) groups excluding carboxylic acids is 1. The van der Waals surface area contributed by atoms with Crippen LogP contribution >= 0.6 is 12.4 Å². The van der Waals surface area contributed by atoms with Gasteiger partial charge in [-0.3, -0.25) is 4.79 Å². The highest BCUT2D eigenvalue weighted by molar-refractivity contribution is 7.90. The first-order chi connectivity index (χ1) is 16.3. The van der Waals surface area contributed by atoms with Gasteiger partial charge >= 0.3 is 0 Å². The topological polar surface area (TPSA) is 83.5 Å². The van der Waals surface area contributed by atoms with Crippen LogP contribution in [0.1, 0.15) is 50.2 Å². The molecule has 2 aromatic rings. The molecule has 10 heteroatoms. The number of aromatic nitrogens is 2. The van der Waals surface area contributed by atoms with E-state index in [1.54, 1.807) is 0 Å². The third kappa shape index (κ3) is 6.50. The maximum Gasteiger partial charge on any atom is 0.226 e. The second-order valence-electron chi connectivity index (χ2n) is 9.42. The molecule has 2 saturated heterocycles. The van der Waals surface area contributed by atoms with Gasteiger partial charge in [0.1, 0.15) is 5.82 Å². The van der Waals surface area contributed by atoms with E-state index in [1.807, 2.05) is 17.3 Å². The quantitative estimate of drug-likeness (QED) is 0.571. The normalized spacial score (nSPS) is 19.9. The average Bonchev–Trinajstić information content (AvgIpc) is 3.01. The van der Waals surface area contributed by atoms with Gasteiger partial charge in [0.15, 0.2) is 9.84 Å². The van der Waals surface area contributed by atoms with E-state index in [-0.39, 0.29) is 35.2 Å². The van der Waals surface area contributed by atoms with Crippen molar-refractivity contribution in [1.29, 1.82) is 0 Å². The first-order valence-corrected chi connectivity index (χ1v) is 14.0. The lowest BCUT2D eigenvalue weighted by Crippen LogP contribution is -2.49. The Balaban J connectivity index is 0.00000342. The zero-order valence-electron chi connectivity index (χ0n) is 20.3. The molecule has 3 heterocycles. The van der Waals surface area contributed by atoms with Crippen molar-refractivity contribution >= 4 is 34.1 Å². The minimum atomic E-state index is -3.47. The van der Waals surface area contributed by atoms with E-state index >= 15 is 0 Å². The standard InChI is InChI=1S/C25H33FN4O3S.ClH/c1-3-18-16-27-25(28-17-18)29-12-9-21(10-13-29)30-11-5-4-6-20(24(30)31)14-19-7-8-22(15-23(19)26)34(2,32)33;/h7-8,15-17,20-21H,3-6,9-14H2,1-2H3;1H/t20-;/m1./s1. The van der Waals surface area contributed by atoms with Crippen LogP contribution in [0.25, 0.3) is 0 Å². The Morgan fingerprint density at radius 3 is 2.34 bits per heavy atom. The predicted molar refractivity (Wildman–Crippen MR) is 136 cm³/mol. The molecule has 0 aliphatic carbocycles. The van der Waals surface area contributed by atoms with Crippen LogP contribution in [0.15, 0.2) is 35.5 Å². The zero-order chi connectivity index (χ0) is 24.3.